The van der Waals surface area contributed by atoms with Crippen molar-refractivity contribution in [2.45, 2.75) is 50.7 Å². The summed E-state index contributed by atoms with van der Waals surface area (Å²) in [5, 5.41) is 4.52. The maximum atomic E-state index is 13.8. The van der Waals surface area contributed by atoms with Crippen LogP contribution in [0.15, 0.2) is 108 Å². The Hall–Kier alpha value is -4.16. The van der Waals surface area contributed by atoms with Gasteiger partial charge in [-0.25, -0.2) is 4.39 Å². The number of hydrogen-bond acceptors (Lipinski definition) is 5. The molecule has 0 heterocycles. The second kappa shape index (κ2) is 13.5. The van der Waals surface area contributed by atoms with Crippen molar-refractivity contribution in [3.05, 3.63) is 136 Å². The highest BCUT2D eigenvalue weighted by Gasteiger charge is 2.44. The molecule has 0 atom stereocenters. The maximum absolute atomic E-state index is 13.8. The highest BCUT2D eigenvalue weighted by atomic mass is 35.5. The maximum Gasteiger partial charge on any atom is 0.322 e. The largest absolute Gasteiger partial charge is 0.470 e. The van der Waals surface area contributed by atoms with Gasteiger partial charge >= 0.3 is 5.97 Å². The minimum Gasteiger partial charge on any atom is -0.470 e. The first kappa shape index (κ1) is 28.4. The van der Waals surface area contributed by atoms with Crippen LogP contribution < -0.4 is 4.74 Å². The second-order valence-electron chi connectivity index (χ2n) is 10.1. The average Bonchev–Trinajstić information content (AvgIpc) is 3.00. The van der Waals surface area contributed by atoms with E-state index >= 15 is 0 Å². The third-order valence-electron chi connectivity index (χ3n) is 7.30. The molecule has 0 saturated heterocycles. The highest BCUT2D eigenvalue weighted by molar-refractivity contribution is 6.31. The van der Waals surface area contributed by atoms with E-state index in [1.165, 1.54) is 12.1 Å². The van der Waals surface area contributed by atoms with E-state index < -0.39 is 11.2 Å². The molecule has 0 unspecified atom stereocenters. The normalized spacial score (nSPS) is 14.7. The molecular weight excluding hydrogens is 541 g/mol. The van der Waals surface area contributed by atoms with Gasteiger partial charge in [-0.2, -0.15) is 0 Å². The van der Waals surface area contributed by atoms with Crippen LogP contribution in [0.2, 0.25) is 5.02 Å². The van der Waals surface area contributed by atoms with Crippen LogP contribution in [0.3, 0.4) is 0 Å². The Morgan fingerprint density at radius 3 is 2.07 bits per heavy atom. The molecule has 1 saturated carbocycles. The van der Waals surface area contributed by atoms with Gasteiger partial charge in [0.25, 0.3) is 5.90 Å². The second-order valence-corrected chi connectivity index (χ2v) is 10.5. The van der Waals surface area contributed by atoms with Crippen LogP contribution in [-0.4, -0.2) is 11.9 Å². The molecule has 41 heavy (non-hydrogen) atoms. The van der Waals surface area contributed by atoms with Gasteiger partial charge in [0.1, 0.15) is 24.8 Å². The zero-order valence-electron chi connectivity index (χ0n) is 22.6. The fourth-order valence-electron chi connectivity index (χ4n) is 5.11. The molecule has 210 valence electrons. The Balaban J connectivity index is 1.33. The third-order valence-corrected chi connectivity index (χ3v) is 7.61. The van der Waals surface area contributed by atoms with E-state index in [9.17, 15) is 9.18 Å². The van der Waals surface area contributed by atoms with Crippen molar-refractivity contribution in [2.75, 3.05) is 0 Å². The van der Waals surface area contributed by atoms with Crippen molar-refractivity contribution in [1.29, 1.82) is 0 Å². The standard InChI is InChI=1S/C34H31ClFNO4/c35-31-22-28(36)16-19-30(31)34(20-8-3-9-21-34)33(38)41-29-17-14-27(15-18-29)32(39-23-25-10-4-1-5-11-25)37-40-24-26-12-6-2-7-13-26/h1-2,4-7,10-19,22H,3,8-9,20-21,23-24H2/b37-32+. The van der Waals surface area contributed by atoms with Crippen LogP contribution in [0.5, 0.6) is 5.75 Å². The van der Waals surface area contributed by atoms with Gasteiger partial charge in [-0.1, -0.05) is 97.6 Å². The lowest BCUT2D eigenvalue weighted by molar-refractivity contribution is -0.142. The molecule has 1 aliphatic rings. The first-order valence-electron chi connectivity index (χ1n) is 13.7. The van der Waals surface area contributed by atoms with Crippen LogP contribution in [-0.2, 0) is 33.0 Å². The van der Waals surface area contributed by atoms with Crippen LogP contribution in [0, 0.1) is 5.82 Å². The van der Waals surface area contributed by atoms with Crippen molar-refractivity contribution in [3.8, 4) is 5.75 Å². The number of benzene rings is 4. The fraction of sp³-hybridized carbons (Fsp3) is 0.235. The smallest absolute Gasteiger partial charge is 0.322 e. The highest BCUT2D eigenvalue weighted by Crippen LogP contribution is 2.43. The number of carbonyl (C=O) groups is 1. The zero-order chi connectivity index (χ0) is 28.5. The molecule has 0 amide bonds. The summed E-state index contributed by atoms with van der Waals surface area (Å²) in [6, 6.07) is 30.7. The lowest BCUT2D eigenvalue weighted by Gasteiger charge is -2.35. The zero-order valence-corrected chi connectivity index (χ0v) is 23.4. The predicted octanol–water partition coefficient (Wildman–Crippen LogP) is 8.38. The fourth-order valence-corrected chi connectivity index (χ4v) is 5.46. The van der Waals surface area contributed by atoms with Gasteiger partial charge in [0, 0.05) is 10.6 Å². The van der Waals surface area contributed by atoms with Gasteiger partial charge in [0.15, 0.2) is 0 Å². The molecule has 1 aliphatic carbocycles. The molecule has 0 aliphatic heterocycles. The summed E-state index contributed by atoms with van der Waals surface area (Å²) in [6.45, 7) is 0.606. The Bertz CT molecular complexity index is 1470. The van der Waals surface area contributed by atoms with E-state index in [0.717, 1.165) is 30.4 Å². The summed E-state index contributed by atoms with van der Waals surface area (Å²) in [4.78, 5) is 19.3. The third kappa shape index (κ3) is 7.14. The predicted molar refractivity (Wildman–Crippen MR) is 157 cm³/mol. The first-order chi connectivity index (χ1) is 20.0. The Morgan fingerprint density at radius 2 is 1.44 bits per heavy atom. The molecule has 1 fully saturated rings. The summed E-state index contributed by atoms with van der Waals surface area (Å²) >= 11 is 6.42. The topological polar surface area (TPSA) is 57.1 Å². The summed E-state index contributed by atoms with van der Waals surface area (Å²) in [6.07, 6.45) is 3.95. The van der Waals surface area contributed by atoms with E-state index in [-0.39, 0.29) is 11.0 Å². The lowest BCUT2D eigenvalue weighted by atomic mass is 9.69. The molecule has 5 rings (SSSR count). The number of oxime groups is 1. The average molecular weight is 572 g/mol. The number of ether oxygens (including phenoxy) is 2. The van der Waals surface area contributed by atoms with E-state index in [2.05, 4.69) is 5.16 Å². The molecule has 0 radical (unpaired) electrons. The summed E-state index contributed by atoms with van der Waals surface area (Å²) in [5.41, 5.74) is 2.34. The van der Waals surface area contributed by atoms with Crippen LogP contribution >= 0.6 is 11.6 Å². The molecule has 4 aromatic carbocycles. The van der Waals surface area contributed by atoms with Crippen LogP contribution in [0.25, 0.3) is 0 Å². The quantitative estimate of drug-likeness (QED) is 0.0665. The van der Waals surface area contributed by atoms with E-state index in [1.807, 2.05) is 60.7 Å². The minimum atomic E-state index is -0.918. The van der Waals surface area contributed by atoms with Gasteiger partial charge in [-0.3, -0.25) is 4.79 Å². The molecule has 4 aromatic rings. The van der Waals surface area contributed by atoms with Crippen molar-refractivity contribution < 1.29 is 23.5 Å². The van der Waals surface area contributed by atoms with Crippen molar-refractivity contribution in [3.63, 3.8) is 0 Å². The number of hydrogen-bond donors (Lipinski definition) is 0. The van der Waals surface area contributed by atoms with Crippen molar-refractivity contribution >= 4 is 23.5 Å². The van der Waals surface area contributed by atoms with Gasteiger partial charge in [-0.15, -0.1) is 0 Å². The molecule has 0 aromatic heterocycles. The van der Waals surface area contributed by atoms with Crippen LogP contribution in [0.4, 0.5) is 4.39 Å². The summed E-state index contributed by atoms with van der Waals surface area (Å²) in [7, 11) is 0. The Kier molecular flexibility index (Phi) is 9.32. The summed E-state index contributed by atoms with van der Waals surface area (Å²) < 4.78 is 25.7. The number of nitrogens with zero attached hydrogens (tertiary/aromatic N) is 1. The van der Waals surface area contributed by atoms with E-state index in [1.54, 1.807) is 30.3 Å². The van der Waals surface area contributed by atoms with Gasteiger partial charge in [0.05, 0.1) is 5.41 Å². The van der Waals surface area contributed by atoms with E-state index in [0.29, 0.717) is 48.8 Å². The molecule has 0 spiro atoms. The minimum absolute atomic E-state index is 0.242. The monoisotopic (exact) mass is 571 g/mol. The number of halogens is 2. The van der Waals surface area contributed by atoms with Gasteiger partial charge < -0.3 is 14.3 Å². The molecule has 5 nitrogen and oxygen atoms in total. The van der Waals surface area contributed by atoms with Gasteiger partial charge in [0.2, 0.25) is 0 Å². The number of carbonyl (C=O) groups excluding carboxylic acids is 1. The molecule has 0 bridgehead atoms. The van der Waals surface area contributed by atoms with Crippen molar-refractivity contribution in [1.82, 2.24) is 0 Å². The molecular formula is C34H31ClFNO4. The number of rotatable bonds is 9. The van der Waals surface area contributed by atoms with Crippen LogP contribution in [0.1, 0.15) is 54.4 Å². The Labute approximate surface area is 244 Å². The molecule has 7 heteroatoms. The SMILES string of the molecule is O=C(Oc1ccc(/C(=N\OCc2ccccc2)OCc2ccccc2)cc1)C1(c2ccc(F)cc2Cl)CCCCC1. The lowest BCUT2D eigenvalue weighted by Crippen LogP contribution is -2.41. The molecule has 0 N–H and O–H groups in total. The summed E-state index contributed by atoms with van der Waals surface area (Å²) in [5.74, 6) is -0.133. The number of esters is 1. The van der Waals surface area contributed by atoms with Crippen molar-refractivity contribution in [2.24, 2.45) is 5.16 Å². The first-order valence-corrected chi connectivity index (χ1v) is 14.1. The van der Waals surface area contributed by atoms with E-state index in [4.69, 9.17) is 25.9 Å². The van der Waals surface area contributed by atoms with Gasteiger partial charge in [-0.05, 0) is 71.1 Å². The Morgan fingerprint density at radius 1 is 0.805 bits per heavy atom.